The van der Waals surface area contributed by atoms with Crippen molar-refractivity contribution in [1.82, 2.24) is 0 Å². The summed E-state index contributed by atoms with van der Waals surface area (Å²) in [6.45, 7) is 1.50. The zero-order chi connectivity index (χ0) is 9.84. The van der Waals surface area contributed by atoms with Crippen molar-refractivity contribution >= 4 is 5.78 Å². The fraction of sp³-hybridized carbons (Fsp3) is 0.300. The minimum absolute atomic E-state index is 0.0453. The molecule has 0 unspecified atom stereocenters. The Labute approximate surface area is 77.0 Å². The lowest BCUT2D eigenvalue weighted by atomic mass is 10.1. The molecule has 0 heterocycles. The molecule has 1 N–H and O–H groups in total. The van der Waals surface area contributed by atoms with Gasteiger partial charge < -0.3 is 9.84 Å². The van der Waals surface area contributed by atoms with Gasteiger partial charge in [-0.3, -0.25) is 4.79 Å². The minimum atomic E-state index is 0.0453. The van der Waals surface area contributed by atoms with Gasteiger partial charge in [0.2, 0.25) is 0 Å². The predicted octanol–water partition coefficient (Wildman–Crippen LogP) is 1.53. The molecule has 0 atom stereocenters. The van der Waals surface area contributed by atoms with Crippen LogP contribution in [0.3, 0.4) is 0 Å². The number of benzene rings is 1. The second kappa shape index (κ2) is 3.94. The van der Waals surface area contributed by atoms with Gasteiger partial charge in [0.25, 0.3) is 0 Å². The van der Waals surface area contributed by atoms with Crippen molar-refractivity contribution in [3.63, 3.8) is 0 Å². The molecule has 0 bridgehead atoms. The highest BCUT2D eigenvalue weighted by Crippen LogP contribution is 2.23. The molecule has 0 aromatic heterocycles. The van der Waals surface area contributed by atoms with Crippen LogP contribution in [-0.2, 0) is 11.2 Å². The van der Waals surface area contributed by atoms with Crippen molar-refractivity contribution < 1.29 is 14.6 Å². The first-order chi connectivity index (χ1) is 6.13. The van der Waals surface area contributed by atoms with E-state index in [1.807, 2.05) is 0 Å². The van der Waals surface area contributed by atoms with E-state index < -0.39 is 0 Å². The van der Waals surface area contributed by atoms with Crippen LogP contribution in [0.1, 0.15) is 12.5 Å². The smallest absolute Gasteiger partial charge is 0.134 e. The number of phenols is 1. The molecule has 0 fully saturated rings. The maximum Gasteiger partial charge on any atom is 0.134 e. The topological polar surface area (TPSA) is 46.5 Å². The van der Waals surface area contributed by atoms with E-state index in [2.05, 4.69) is 0 Å². The lowest BCUT2D eigenvalue weighted by Crippen LogP contribution is -1.99. The SMILES string of the molecule is COc1ccc(O)cc1CC(C)=O. The molecule has 1 rings (SSSR count). The number of hydrogen-bond donors (Lipinski definition) is 1. The largest absolute Gasteiger partial charge is 0.508 e. The number of ketones is 1. The number of carbonyl (C=O) groups is 1. The van der Waals surface area contributed by atoms with Gasteiger partial charge in [-0.2, -0.15) is 0 Å². The molecule has 1 aromatic carbocycles. The number of Topliss-reactive ketones (excluding diaryl/α,β-unsaturated/α-hetero) is 1. The zero-order valence-corrected chi connectivity index (χ0v) is 7.70. The molecular formula is C10H12O3. The van der Waals surface area contributed by atoms with Crippen molar-refractivity contribution in [3.8, 4) is 11.5 Å². The number of phenolic OH excluding ortho intramolecular Hbond substituents is 1. The van der Waals surface area contributed by atoms with Gasteiger partial charge in [0.1, 0.15) is 17.3 Å². The van der Waals surface area contributed by atoms with E-state index in [4.69, 9.17) is 4.74 Å². The minimum Gasteiger partial charge on any atom is -0.508 e. The standard InChI is InChI=1S/C10H12O3/c1-7(11)5-8-6-9(12)3-4-10(8)13-2/h3-4,6,12H,5H2,1-2H3. The molecule has 13 heavy (non-hydrogen) atoms. The molecule has 70 valence electrons. The van der Waals surface area contributed by atoms with Crippen LogP contribution < -0.4 is 4.74 Å². The monoisotopic (exact) mass is 180 g/mol. The number of ether oxygens (including phenoxy) is 1. The highest BCUT2D eigenvalue weighted by molar-refractivity contribution is 5.79. The van der Waals surface area contributed by atoms with Crippen LogP contribution in [-0.4, -0.2) is 18.0 Å². The highest BCUT2D eigenvalue weighted by Gasteiger charge is 2.05. The fourth-order valence-electron chi connectivity index (χ4n) is 1.17. The molecular weight excluding hydrogens is 168 g/mol. The van der Waals surface area contributed by atoms with Crippen LogP contribution in [0, 0.1) is 0 Å². The Hall–Kier alpha value is -1.51. The van der Waals surface area contributed by atoms with E-state index in [1.54, 1.807) is 12.1 Å². The van der Waals surface area contributed by atoms with Gasteiger partial charge in [-0.05, 0) is 25.1 Å². The van der Waals surface area contributed by atoms with Crippen LogP contribution in [0.4, 0.5) is 0 Å². The second-order valence-electron chi connectivity index (χ2n) is 2.87. The van der Waals surface area contributed by atoms with Crippen molar-refractivity contribution in [2.75, 3.05) is 7.11 Å². The van der Waals surface area contributed by atoms with Crippen molar-refractivity contribution in [3.05, 3.63) is 23.8 Å². The van der Waals surface area contributed by atoms with Gasteiger partial charge in [0.05, 0.1) is 7.11 Å². The first-order valence-corrected chi connectivity index (χ1v) is 3.99. The summed E-state index contributed by atoms with van der Waals surface area (Å²) in [5.41, 5.74) is 0.718. The molecule has 0 saturated heterocycles. The Kier molecular flexibility index (Phi) is 2.90. The Morgan fingerprint density at radius 2 is 2.23 bits per heavy atom. The van der Waals surface area contributed by atoms with E-state index in [0.29, 0.717) is 5.75 Å². The summed E-state index contributed by atoms with van der Waals surface area (Å²) in [6, 6.07) is 4.72. The second-order valence-corrected chi connectivity index (χ2v) is 2.87. The maximum atomic E-state index is 10.9. The zero-order valence-electron chi connectivity index (χ0n) is 7.70. The molecule has 0 amide bonds. The van der Waals surface area contributed by atoms with Crippen molar-refractivity contribution in [1.29, 1.82) is 0 Å². The molecule has 1 aromatic rings. The number of rotatable bonds is 3. The summed E-state index contributed by atoms with van der Waals surface area (Å²) in [5, 5.41) is 9.18. The lowest BCUT2D eigenvalue weighted by Gasteiger charge is -2.06. The average Bonchev–Trinajstić information content (AvgIpc) is 2.03. The molecule has 0 saturated carbocycles. The number of aromatic hydroxyl groups is 1. The third kappa shape index (κ3) is 2.47. The van der Waals surface area contributed by atoms with Crippen LogP contribution in [0.2, 0.25) is 0 Å². The molecule has 0 aliphatic rings. The lowest BCUT2D eigenvalue weighted by molar-refractivity contribution is -0.116. The molecule has 0 spiro atoms. The summed E-state index contributed by atoms with van der Waals surface area (Å²) in [6.07, 6.45) is 0.289. The summed E-state index contributed by atoms with van der Waals surface area (Å²) >= 11 is 0. The molecule has 0 aliphatic carbocycles. The summed E-state index contributed by atoms with van der Waals surface area (Å²) in [4.78, 5) is 10.9. The number of methoxy groups -OCH3 is 1. The van der Waals surface area contributed by atoms with Gasteiger partial charge in [0, 0.05) is 12.0 Å². The van der Waals surface area contributed by atoms with E-state index >= 15 is 0 Å². The van der Waals surface area contributed by atoms with Crippen LogP contribution >= 0.6 is 0 Å². The number of hydrogen-bond acceptors (Lipinski definition) is 3. The third-order valence-corrected chi connectivity index (χ3v) is 1.70. The molecule has 0 aliphatic heterocycles. The van der Waals surface area contributed by atoms with Gasteiger partial charge in [-0.1, -0.05) is 0 Å². The van der Waals surface area contributed by atoms with Gasteiger partial charge in [-0.15, -0.1) is 0 Å². The Morgan fingerprint density at radius 3 is 2.77 bits per heavy atom. The Balaban J connectivity index is 3.01. The summed E-state index contributed by atoms with van der Waals surface area (Å²) in [7, 11) is 1.54. The third-order valence-electron chi connectivity index (χ3n) is 1.70. The molecule has 3 heteroatoms. The average molecular weight is 180 g/mol. The van der Waals surface area contributed by atoms with Gasteiger partial charge >= 0.3 is 0 Å². The first kappa shape index (κ1) is 9.58. The van der Waals surface area contributed by atoms with E-state index in [-0.39, 0.29) is 18.0 Å². The maximum absolute atomic E-state index is 10.9. The first-order valence-electron chi connectivity index (χ1n) is 3.99. The van der Waals surface area contributed by atoms with Gasteiger partial charge in [-0.25, -0.2) is 0 Å². The Morgan fingerprint density at radius 1 is 1.54 bits per heavy atom. The van der Waals surface area contributed by atoms with E-state index in [1.165, 1.54) is 20.1 Å². The van der Waals surface area contributed by atoms with Crippen molar-refractivity contribution in [2.45, 2.75) is 13.3 Å². The molecule has 0 radical (unpaired) electrons. The van der Waals surface area contributed by atoms with Gasteiger partial charge in [0.15, 0.2) is 0 Å². The predicted molar refractivity (Wildman–Crippen MR) is 49.0 cm³/mol. The molecule has 3 nitrogen and oxygen atoms in total. The fourth-order valence-corrected chi connectivity index (χ4v) is 1.17. The normalized spacial score (nSPS) is 9.69. The Bertz CT molecular complexity index is 318. The summed E-state index contributed by atoms with van der Waals surface area (Å²) < 4.78 is 5.04. The van der Waals surface area contributed by atoms with E-state index in [0.717, 1.165) is 5.56 Å². The highest BCUT2D eigenvalue weighted by atomic mass is 16.5. The van der Waals surface area contributed by atoms with Crippen LogP contribution in [0.15, 0.2) is 18.2 Å². The van der Waals surface area contributed by atoms with E-state index in [9.17, 15) is 9.90 Å². The summed E-state index contributed by atoms with van der Waals surface area (Å²) in [5.74, 6) is 0.828. The van der Waals surface area contributed by atoms with Crippen molar-refractivity contribution in [2.24, 2.45) is 0 Å². The van der Waals surface area contributed by atoms with Crippen LogP contribution in [0.25, 0.3) is 0 Å². The quantitative estimate of drug-likeness (QED) is 0.767. The number of carbonyl (C=O) groups excluding carboxylic acids is 1. The van der Waals surface area contributed by atoms with Crippen LogP contribution in [0.5, 0.6) is 11.5 Å².